The van der Waals surface area contributed by atoms with Crippen molar-refractivity contribution in [2.24, 2.45) is 15.3 Å². The molecule has 0 unspecified atom stereocenters. The van der Waals surface area contributed by atoms with E-state index in [0.29, 0.717) is 11.4 Å². The van der Waals surface area contributed by atoms with Gasteiger partial charge in [0.2, 0.25) is 5.71 Å². The Labute approximate surface area is 134 Å². The number of anilines is 1. The molecule has 0 atom stereocenters. The van der Waals surface area contributed by atoms with E-state index in [1.807, 2.05) is 50.2 Å². The molecule has 0 aliphatic carbocycles. The van der Waals surface area contributed by atoms with Gasteiger partial charge in [-0.15, -0.1) is 5.11 Å². The summed E-state index contributed by atoms with van der Waals surface area (Å²) in [5.41, 5.74) is 6.46. The van der Waals surface area contributed by atoms with Crippen LogP contribution in [0.25, 0.3) is 0 Å². The maximum Gasteiger partial charge on any atom is 0.237 e. The van der Waals surface area contributed by atoms with E-state index in [1.165, 1.54) is 0 Å². The van der Waals surface area contributed by atoms with Crippen LogP contribution >= 0.6 is 0 Å². The molecule has 23 heavy (non-hydrogen) atoms. The first-order chi connectivity index (χ1) is 11.1. The minimum atomic E-state index is -0.257. The molecule has 6 heteroatoms. The maximum absolute atomic E-state index is 8.71. The number of hydrazone groups is 1. The standard InChI is InChI=1S/C17H14N6/c1-12-3-6-14(7-4-12)20-23-17-9-13(2)5-8-16(17)22-21-15(10-18)11-19/h3-9,22H,1-2H3. The van der Waals surface area contributed by atoms with Crippen LogP contribution in [0.4, 0.5) is 17.1 Å². The van der Waals surface area contributed by atoms with E-state index in [4.69, 9.17) is 10.5 Å². The molecule has 0 fully saturated rings. The molecule has 2 aromatic carbocycles. The minimum absolute atomic E-state index is 0.257. The Kier molecular flexibility index (Phi) is 5.16. The summed E-state index contributed by atoms with van der Waals surface area (Å²) in [7, 11) is 0. The van der Waals surface area contributed by atoms with Crippen LogP contribution < -0.4 is 5.43 Å². The zero-order valence-corrected chi connectivity index (χ0v) is 12.8. The number of azo groups is 1. The van der Waals surface area contributed by atoms with Crippen molar-refractivity contribution in [1.82, 2.24) is 0 Å². The van der Waals surface area contributed by atoms with Crippen LogP contribution in [0.15, 0.2) is 57.8 Å². The molecule has 0 saturated heterocycles. The van der Waals surface area contributed by atoms with Gasteiger partial charge in [0.15, 0.2) is 0 Å². The molecule has 0 heterocycles. The fraction of sp³-hybridized carbons (Fsp3) is 0.118. The number of nitrogens with one attached hydrogen (secondary N) is 1. The predicted molar refractivity (Wildman–Crippen MR) is 88.8 cm³/mol. The summed E-state index contributed by atoms with van der Waals surface area (Å²) in [6.45, 7) is 3.94. The second-order valence-corrected chi connectivity index (χ2v) is 4.85. The fourth-order valence-electron chi connectivity index (χ4n) is 1.73. The largest absolute Gasteiger partial charge is 0.274 e. The molecule has 0 radical (unpaired) electrons. The lowest BCUT2D eigenvalue weighted by Gasteiger charge is -2.05. The van der Waals surface area contributed by atoms with Gasteiger partial charge in [0.1, 0.15) is 17.8 Å². The van der Waals surface area contributed by atoms with Gasteiger partial charge in [0, 0.05) is 0 Å². The average Bonchev–Trinajstić information content (AvgIpc) is 2.56. The molecule has 0 amide bonds. The van der Waals surface area contributed by atoms with Crippen molar-refractivity contribution >= 4 is 22.8 Å². The summed E-state index contributed by atoms with van der Waals surface area (Å²) in [6.07, 6.45) is 0. The van der Waals surface area contributed by atoms with Crippen molar-refractivity contribution in [1.29, 1.82) is 10.5 Å². The molecule has 6 nitrogen and oxygen atoms in total. The Morgan fingerprint density at radius 3 is 2.22 bits per heavy atom. The monoisotopic (exact) mass is 302 g/mol. The Balaban J connectivity index is 2.29. The average molecular weight is 302 g/mol. The maximum atomic E-state index is 8.71. The van der Waals surface area contributed by atoms with Crippen molar-refractivity contribution < 1.29 is 0 Å². The van der Waals surface area contributed by atoms with Gasteiger partial charge in [0.25, 0.3) is 0 Å². The molecule has 0 saturated carbocycles. The van der Waals surface area contributed by atoms with Gasteiger partial charge in [-0.2, -0.15) is 20.7 Å². The summed E-state index contributed by atoms with van der Waals surface area (Å²) >= 11 is 0. The highest BCUT2D eigenvalue weighted by molar-refractivity contribution is 6.10. The van der Waals surface area contributed by atoms with Crippen LogP contribution in [0.3, 0.4) is 0 Å². The fourth-order valence-corrected chi connectivity index (χ4v) is 1.73. The third kappa shape index (κ3) is 4.48. The zero-order chi connectivity index (χ0) is 16.7. The van der Waals surface area contributed by atoms with Gasteiger partial charge in [-0.3, -0.25) is 5.43 Å². The lowest BCUT2D eigenvalue weighted by molar-refractivity contribution is 1.21. The Bertz CT molecular complexity index is 819. The molecule has 2 aromatic rings. The zero-order valence-electron chi connectivity index (χ0n) is 12.8. The third-order valence-electron chi connectivity index (χ3n) is 2.96. The highest BCUT2D eigenvalue weighted by Gasteiger charge is 2.03. The molecule has 112 valence electrons. The van der Waals surface area contributed by atoms with Crippen molar-refractivity contribution in [2.75, 3.05) is 5.43 Å². The summed E-state index contributed by atoms with van der Waals surface area (Å²) in [5.74, 6) is 0. The molecule has 0 bridgehead atoms. The molecule has 0 aromatic heterocycles. The Morgan fingerprint density at radius 1 is 0.913 bits per heavy atom. The van der Waals surface area contributed by atoms with Gasteiger partial charge >= 0.3 is 0 Å². The van der Waals surface area contributed by atoms with Crippen LogP contribution in [0.1, 0.15) is 11.1 Å². The Morgan fingerprint density at radius 2 is 1.57 bits per heavy atom. The summed E-state index contributed by atoms with van der Waals surface area (Å²) in [5, 5.41) is 29.6. The number of rotatable bonds is 4. The topological polar surface area (TPSA) is 96.7 Å². The van der Waals surface area contributed by atoms with Gasteiger partial charge < -0.3 is 0 Å². The minimum Gasteiger partial charge on any atom is -0.274 e. The number of aryl methyl sites for hydroxylation is 2. The SMILES string of the molecule is Cc1ccc(N=Nc2cc(C)ccc2NN=C(C#N)C#N)cc1. The smallest absolute Gasteiger partial charge is 0.237 e. The lowest BCUT2D eigenvalue weighted by atomic mass is 10.2. The van der Waals surface area contributed by atoms with Crippen molar-refractivity contribution in [3.63, 3.8) is 0 Å². The first-order valence-electron chi connectivity index (χ1n) is 6.85. The molecule has 0 aliphatic heterocycles. The summed E-state index contributed by atoms with van der Waals surface area (Å²) in [4.78, 5) is 0. The lowest BCUT2D eigenvalue weighted by Crippen LogP contribution is -1.96. The van der Waals surface area contributed by atoms with E-state index in [1.54, 1.807) is 18.2 Å². The van der Waals surface area contributed by atoms with Crippen LogP contribution in [-0.4, -0.2) is 5.71 Å². The van der Waals surface area contributed by atoms with E-state index in [-0.39, 0.29) is 5.71 Å². The van der Waals surface area contributed by atoms with Crippen LogP contribution in [0.2, 0.25) is 0 Å². The Hall–Kier alpha value is -3.51. The number of hydrogen-bond donors (Lipinski definition) is 1. The second kappa shape index (κ2) is 7.48. The molecule has 0 spiro atoms. The quantitative estimate of drug-likeness (QED) is 0.510. The van der Waals surface area contributed by atoms with Crippen molar-refractivity contribution in [3.05, 3.63) is 53.6 Å². The third-order valence-corrected chi connectivity index (χ3v) is 2.96. The van der Waals surface area contributed by atoms with Crippen LogP contribution in [-0.2, 0) is 0 Å². The van der Waals surface area contributed by atoms with Crippen LogP contribution in [0.5, 0.6) is 0 Å². The van der Waals surface area contributed by atoms with Crippen LogP contribution in [0, 0.1) is 36.5 Å². The van der Waals surface area contributed by atoms with Crippen molar-refractivity contribution in [2.45, 2.75) is 13.8 Å². The number of nitriles is 2. The van der Waals surface area contributed by atoms with E-state index >= 15 is 0 Å². The number of benzene rings is 2. The van der Waals surface area contributed by atoms with Gasteiger partial charge in [-0.25, -0.2) is 0 Å². The molecule has 2 rings (SSSR count). The predicted octanol–water partition coefficient (Wildman–Crippen LogP) is 4.53. The number of hydrogen-bond acceptors (Lipinski definition) is 6. The van der Waals surface area contributed by atoms with Gasteiger partial charge in [-0.05, 0) is 43.7 Å². The van der Waals surface area contributed by atoms with Gasteiger partial charge in [0.05, 0.1) is 11.4 Å². The summed E-state index contributed by atoms with van der Waals surface area (Å²) < 4.78 is 0. The molecular weight excluding hydrogens is 288 g/mol. The van der Waals surface area contributed by atoms with E-state index in [0.717, 1.165) is 16.8 Å². The van der Waals surface area contributed by atoms with E-state index in [2.05, 4.69) is 20.8 Å². The molecular formula is C17H14N6. The second-order valence-electron chi connectivity index (χ2n) is 4.85. The normalized spacial score (nSPS) is 9.91. The van der Waals surface area contributed by atoms with Gasteiger partial charge in [-0.1, -0.05) is 23.8 Å². The highest BCUT2D eigenvalue weighted by atomic mass is 15.3. The molecule has 0 aliphatic rings. The first kappa shape index (κ1) is 15.9. The van der Waals surface area contributed by atoms with E-state index in [9.17, 15) is 0 Å². The van der Waals surface area contributed by atoms with E-state index < -0.39 is 0 Å². The van der Waals surface area contributed by atoms with Crippen molar-refractivity contribution in [3.8, 4) is 12.1 Å². The first-order valence-corrected chi connectivity index (χ1v) is 6.85. The molecule has 1 N–H and O–H groups in total. The summed E-state index contributed by atoms with van der Waals surface area (Å²) in [6, 6.07) is 16.5. The number of nitrogens with zero attached hydrogens (tertiary/aromatic N) is 5. The highest BCUT2D eigenvalue weighted by Crippen LogP contribution is 2.28.